The Labute approximate surface area is 132 Å². The molecule has 1 rings (SSSR count). The first kappa shape index (κ1) is 18.0. The van der Waals surface area contributed by atoms with E-state index < -0.39 is 5.97 Å². The van der Waals surface area contributed by atoms with E-state index in [1.165, 1.54) is 36.5 Å². The quantitative estimate of drug-likeness (QED) is 0.172. The topological polar surface area (TPSA) is 66.9 Å². The molecule has 0 aliphatic rings. The smallest absolute Gasteiger partial charge is 0.342 e. The van der Waals surface area contributed by atoms with Gasteiger partial charge in [0.2, 0.25) is 0 Å². The van der Waals surface area contributed by atoms with Gasteiger partial charge in [0.15, 0.2) is 6.79 Å². The number of methoxy groups -OCH3 is 2. The number of hydrogen-bond acceptors (Lipinski definition) is 8. The molecule has 8 heteroatoms. The fourth-order valence-electron chi connectivity index (χ4n) is 1.38. The minimum atomic E-state index is -0.466. The molecule has 0 bridgehead atoms. The summed E-state index contributed by atoms with van der Waals surface area (Å²) in [7, 11) is 2.92. The van der Waals surface area contributed by atoms with Crippen LogP contribution in [0, 0.1) is 6.92 Å². The van der Waals surface area contributed by atoms with E-state index in [2.05, 4.69) is 4.98 Å². The van der Waals surface area contributed by atoms with Crippen LogP contribution in [0.25, 0.3) is 5.57 Å². The minimum absolute atomic E-state index is 0.0388. The van der Waals surface area contributed by atoms with E-state index >= 15 is 0 Å². The van der Waals surface area contributed by atoms with Crippen molar-refractivity contribution in [2.24, 2.45) is 0 Å². The predicted octanol–water partition coefficient (Wildman–Crippen LogP) is 2.32. The molecule has 0 atom stereocenters. The third-order valence-electron chi connectivity index (χ3n) is 2.39. The van der Waals surface area contributed by atoms with Gasteiger partial charge in [-0.15, -0.1) is 11.3 Å². The SMILES string of the molecule is COCCOCOC=C(C(=O)OC)c1sc(SC)nc1C. The van der Waals surface area contributed by atoms with Crippen LogP contribution in [0.4, 0.5) is 0 Å². The van der Waals surface area contributed by atoms with Crippen LogP contribution in [-0.2, 0) is 23.7 Å². The van der Waals surface area contributed by atoms with Crippen molar-refractivity contribution in [1.29, 1.82) is 0 Å². The third kappa shape index (κ3) is 5.66. The average molecular weight is 333 g/mol. The molecule has 1 aromatic rings. The van der Waals surface area contributed by atoms with Crippen LogP contribution in [0.5, 0.6) is 0 Å². The number of thioether (sulfide) groups is 1. The molecule has 0 saturated carbocycles. The maximum Gasteiger partial charge on any atom is 0.342 e. The van der Waals surface area contributed by atoms with Crippen LogP contribution >= 0.6 is 23.1 Å². The summed E-state index contributed by atoms with van der Waals surface area (Å²) in [4.78, 5) is 17.0. The first-order valence-electron chi connectivity index (χ1n) is 6.12. The van der Waals surface area contributed by atoms with Crippen LogP contribution in [0.2, 0.25) is 0 Å². The van der Waals surface area contributed by atoms with E-state index in [0.29, 0.717) is 18.8 Å². The second-order valence-corrected chi connectivity index (χ2v) is 5.86. The summed E-state index contributed by atoms with van der Waals surface area (Å²) < 4.78 is 20.9. The number of hydrogen-bond donors (Lipinski definition) is 0. The molecule has 1 heterocycles. The highest BCUT2D eigenvalue weighted by molar-refractivity contribution is 8.00. The van der Waals surface area contributed by atoms with Gasteiger partial charge < -0.3 is 18.9 Å². The molecule has 0 aliphatic heterocycles. The predicted molar refractivity (Wildman–Crippen MR) is 82.4 cm³/mol. The summed E-state index contributed by atoms with van der Waals surface area (Å²) in [5, 5.41) is 0. The van der Waals surface area contributed by atoms with Crippen LogP contribution in [0.3, 0.4) is 0 Å². The van der Waals surface area contributed by atoms with Crippen molar-refractivity contribution >= 4 is 34.6 Å². The van der Waals surface area contributed by atoms with Crippen LogP contribution in [0.15, 0.2) is 10.6 Å². The molecule has 6 nitrogen and oxygen atoms in total. The zero-order chi connectivity index (χ0) is 15.7. The highest BCUT2D eigenvalue weighted by Crippen LogP contribution is 2.31. The van der Waals surface area contributed by atoms with E-state index in [4.69, 9.17) is 18.9 Å². The number of rotatable bonds is 9. The Kier molecular flexibility index (Phi) is 8.36. The summed E-state index contributed by atoms with van der Waals surface area (Å²) in [5.74, 6) is -0.466. The second-order valence-electron chi connectivity index (χ2n) is 3.81. The molecule has 0 aliphatic carbocycles. The van der Waals surface area contributed by atoms with E-state index in [1.807, 2.05) is 13.2 Å². The molecule has 0 spiro atoms. The molecule has 0 saturated heterocycles. The molecule has 118 valence electrons. The van der Waals surface area contributed by atoms with E-state index in [9.17, 15) is 4.79 Å². The maximum atomic E-state index is 11.9. The van der Waals surface area contributed by atoms with Gasteiger partial charge in [-0.2, -0.15) is 0 Å². The Balaban J connectivity index is 2.75. The second kappa shape index (κ2) is 9.78. The van der Waals surface area contributed by atoms with Gasteiger partial charge in [0, 0.05) is 7.11 Å². The normalized spacial score (nSPS) is 11.5. The molecular formula is C13H19NO5S2. The van der Waals surface area contributed by atoms with Gasteiger partial charge >= 0.3 is 5.97 Å². The van der Waals surface area contributed by atoms with Crippen molar-refractivity contribution in [2.45, 2.75) is 11.3 Å². The molecule has 0 aromatic carbocycles. The summed E-state index contributed by atoms with van der Waals surface area (Å²) in [6.07, 6.45) is 3.28. The fraction of sp³-hybridized carbons (Fsp3) is 0.538. The van der Waals surface area contributed by atoms with Gasteiger partial charge in [0.25, 0.3) is 0 Å². The maximum absolute atomic E-state index is 11.9. The Bertz CT molecular complexity index is 487. The molecule has 0 radical (unpaired) electrons. The molecule has 0 unspecified atom stereocenters. The fourth-order valence-corrected chi connectivity index (χ4v) is 2.98. The van der Waals surface area contributed by atoms with Gasteiger partial charge in [-0.05, 0) is 13.2 Å². The zero-order valence-corrected chi connectivity index (χ0v) is 14.1. The number of carbonyl (C=O) groups excluding carboxylic acids is 1. The van der Waals surface area contributed by atoms with Gasteiger partial charge in [-0.1, -0.05) is 11.8 Å². The Morgan fingerprint density at radius 3 is 2.71 bits per heavy atom. The van der Waals surface area contributed by atoms with E-state index in [1.54, 1.807) is 7.11 Å². The molecular weight excluding hydrogens is 314 g/mol. The summed E-state index contributed by atoms with van der Waals surface area (Å²) in [5.41, 5.74) is 1.10. The largest absolute Gasteiger partial charge is 0.474 e. The van der Waals surface area contributed by atoms with Crippen molar-refractivity contribution in [3.63, 3.8) is 0 Å². The number of carbonyl (C=O) groups is 1. The van der Waals surface area contributed by atoms with Crippen molar-refractivity contribution in [2.75, 3.05) is 40.5 Å². The van der Waals surface area contributed by atoms with E-state index in [0.717, 1.165) is 14.9 Å². The van der Waals surface area contributed by atoms with E-state index in [-0.39, 0.29) is 6.79 Å². The summed E-state index contributed by atoms with van der Waals surface area (Å²) in [6.45, 7) is 2.80. The van der Waals surface area contributed by atoms with Crippen LogP contribution in [0.1, 0.15) is 10.6 Å². The molecule has 1 aromatic heterocycles. The lowest BCUT2D eigenvalue weighted by atomic mass is 10.2. The van der Waals surface area contributed by atoms with Crippen molar-refractivity contribution in [1.82, 2.24) is 4.98 Å². The van der Waals surface area contributed by atoms with Crippen molar-refractivity contribution < 1.29 is 23.7 Å². The number of aryl methyl sites for hydroxylation is 1. The highest BCUT2D eigenvalue weighted by atomic mass is 32.2. The Morgan fingerprint density at radius 2 is 2.14 bits per heavy atom. The number of aromatic nitrogens is 1. The lowest BCUT2D eigenvalue weighted by Crippen LogP contribution is -2.07. The van der Waals surface area contributed by atoms with Gasteiger partial charge in [-0.3, -0.25) is 0 Å². The molecule has 0 fully saturated rings. The van der Waals surface area contributed by atoms with Crippen LogP contribution < -0.4 is 0 Å². The number of ether oxygens (including phenoxy) is 4. The first-order chi connectivity index (χ1) is 10.1. The van der Waals surface area contributed by atoms with Gasteiger partial charge in [0.05, 0.1) is 30.9 Å². The average Bonchev–Trinajstić information content (AvgIpc) is 2.87. The number of thiazole rings is 1. The van der Waals surface area contributed by atoms with Crippen molar-refractivity contribution in [3.8, 4) is 0 Å². The Hall–Kier alpha value is -1.09. The first-order valence-corrected chi connectivity index (χ1v) is 8.16. The molecule has 0 N–H and O–H groups in total. The zero-order valence-electron chi connectivity index (χ0n) is 12.5. The standard InChI is InChI=1S/C13H19NO5S2/c1-9-11(21-13(14-9)20-4)10(12(15)17-3)7-19-8-18-6-5-16-2/h7H,5-6,8H2,1-4H3. The lowest BCUT2D eigenvalue weighted by molar-refractivity contribution is -0.133. The van der Waals surface area contributed by atoms with Crippen LogP contribution in [-0.4, -0.2) is 51.4 Å². The van der Waals surface area contributed by atoms with Gasteiger partial charge in [-0.25, -0.2) is 9.78 Å². The third-order valence-corrected chi connectivity index (χ3v) is 4.56. The monoisotopic (exact) mass is 333 g/mol. The van der Waals surface area contributed by atoms with Crippen molar-refractivity contribution in [3.05, 3.63) is 16.8 Å². The molecule has 21 heavy (non-hydrogen) atoms. The number of nitrogens with zero attached hydrogens (tertiary/aromatic N) is 1. The summed E-state index contributed by atoms with van der Waals surface area (Å²) in [6, 6.07) is 0. The lowest BCUT2D eigenvalue weighted by Gasteiger charge is -2.06. The molecule has 0 amide bonds. The Morgan fingerprint density at radius 1 is 1.38 bits per heavy atom. The van der Waals surface area contributed by atoms with Gasteiger partial charge in [0.1, 0.15) is 16.2 Å². The highest BCUT2D eigenvalue weighted by Gasteiger charge is 2.19. The number of esters is 1. The minimum Gasteiger partial charge on any atom is -0.474 e. The summed E-state index contributed by atoms with van der Waals surface area (Å²) >= 11 is 2.95.